The molecule has 6 nitrogen and oxygen atoms in total. The van der Waals surface area contributed by atoms with Gasteiger partial charge in [-0.15, -0.1) is 0 Å². The van der Waals surface area contributed by atoms with Crippen molar-refractivity contribution in [3.63, 3.8) is 0 Å². The number of hydrogen-bond donors (Lipinski definition) is 2. The molecule has 0 aromatic carbocycles. The van der Waals surface area contributed by atoms with Gasteiger partial charge in [0.2, 0.25) is 11.8 Å². The highest BCUT2D eigenvalue weighted by atomic mass is 16.4. The topological polar surface area (TPSA) is 86.7 Å². The van der Waals surface area contributed by atoms with Gasteiger partial charge in [-0.2, -0.15) is 0 Å². The van der Waals surface area contributed by atoms with E-state index in [1.807, 2.05) is 6.92 Å². The summed E-state index contributed by atoms with van der Waals surface area (Å²) in [7, 11) is 0. The number of nitrogens with one attached hydrogen (secondary N) is 1. The first-order chi connectivity index (χ1) is 13.0. The Hall–Kier alpha value is -1.59. The van der Waals surface area contributed by atoms with Crippen LogP contribution in [0.4, 0.5) is 0 Å². The van der Waals surface area contributed by atoms with E-state index < -0.39 is 11.9 Å². The molecule has 3 rings (SSSR count). The summed E-state index contributed by atoms with van der Waals surface area (Å²) in [6, 6.07) is -0.0316. The first kappa shape index (κ1) is 20.2. The molecule has 3 fully saturated rings. The molecule has 0 spiro atoms. The Morgan fingerprint density at radius 2 is 1.63 bits per heavy atom. The van der Waals surface area contributed by atoms with Gasteiger partial charge in [0, 0.05) is 31.0 Å². The number of carboxylic acids is 1. The minimum Gasteiger partial charge on any atom is -0.481 e. The molecule has 0 aromatic rings. The number of hydrogen-bond acceptors (Lipinski definition) is 3. The van der Waals surface area contributed by atoms with Gasteiger partial charge in [0.1, 0.15) is 0 Å². The maximum Gasteiger partial charge on any atom is 0.308 e. The number of nitrogens with zero attached hydrogens (tertiary/aromatic N) is 1. The highest BCUT2D eigenvalue weighted by Crippen LogP contribution is 2.32. The predicted molar refractivity (Wildman–Crippen MR) is 102 cm³/mol. The van der Waals surface area contributed by atoms with Crippen LogP contribution in [0, 0.1) is 17.8 Å². The molecular formula is C21H34N2O4. The molecule has 1 heterocycles. The van der Waals surface area contributed by atoms with Crippen molar-refractivity contribution in [3.8, 4) is 0 Å². The zero-order valence-electron chi connectivity index (χ0n) is 16.5. The molecule has 2 unspecified atom stereocenters. The van der Waals surface area contributed by atoms with Gasteiger partial charge >= 0.3 is 5.97 Å². The molecule has 0 radical (unpaired) electrons. The number of amides is 2. The number of carbonyl (C=O) groups excluding carboxylic acids is 2. The van der Waals surface area contributed by atoms with Crippen molar-refractivity contribution in [2.24, 2.45) is 17.8 Å². The second kappa shape index (κ2) is 9.07. The van der Waals surface area contributed by atoms with E-state index in [9.17, 15) is 19.5 Å². The summed E-state index contributed by atoms with van der Waals surface area (Å²) in [4.78, 5) is 38.2. The van der Waals surface area contributed by atoms with Gasteiger partial charge < -0.3 is 15.3 Å². The summed E-state index contributed by atoms with van der Waals surface area (Å²) >= 11 is 0. The summed E-state index contributed by atoms with van der Waals surface area (Å²) in [5.41, 5.74) is 0. The average molecular weight is 379 g/mol. The molecule has 2 atom stereocenters. The highest BCUT2D eigenvalue weighted by molar-refractivity contribution is 5.81. The minimum atomic E-state index is -0.804. The van der Waals surface area contributed by atoms with Crippen LogP contribution in [0.2, 0.25) is 0 Å². The standard InChI is InChI=1S/C21H34N2O4/c1-14-18(21(26)27)11-12-23(14)20(25)16-7-9-17(10-8-16)22-19(24)13-15-5-3-2-4-6-15/h14-18H,2-13H2,1H3,(H,22,24)(H,26,27). The fraction of sp³-hybridized carbons (Fsp3) is 0.857. The molecule has 1 aliphatic heterocycles. The Morgan fingerprint density at radius 3 is 2.22 bits per heavy atom. The molecule has 152 valence electrons. The quantitative estimate of drug-likeness (QED) is 0.770. The van der Waals surface area contributed by atoms with E-state index in [0.717, 1.165) is 25.7 Å². The second-order valence-electron chi connectivity index (χ2n) is 8.83. The first-order valence-electron chi connectivity index (χ1n) is 10.8. The summed E-state index contributed by atoms with van der Waals surface area (Å²) in [5, 5.41) is 12.4. The second-order valence-corrected chi connectivity index (χ2v) is 8.83. The van der Waals surface area contributed by atoms with Gasteiger partial charge in [0.15, 0.2) is 0 Å². The molecule has 6 heteroatoms. The Morgan fingerprint density at radius 1 is 0.963 bits per heavy atom. The van der Waals surface area contributed by atoms with Gasteiger partial charge in [0.05, 0.1) is 5.92 Å². The largest absolute Gasteiger partial charge is 0.481 e. The number of carbonyl (C=O) groups is 3. The van der Waals surface area contributed by atoms with Crippen LogP contribution in [0.3, 0.4) is 0 Å². The van der Waals surface area contributed by atoms with Gasteiger partial charge in [-0.25, -0.2) is 0 Å². The van der Waals surface area contributed by atoms with Crippen LogP contribution in [0.25, 0.3) is 0 Å². The summed E-state index contributed by atoms with van der Waals surface area (Å²) in [6.45, 7) is 2.40. The van der Waals surface area contributed by atoms with Crippen molar-refractivity contribution >= 4 is 17.8 Å². The fourth-order valence-corrected chi connectivity index (χ4v) is 5.24. The smallest absolute Gasteiger partial charge is 0.308 e. The van der Waals surface area contributed by atoms with Crippen LogP contribution in [0.1, 0.15) is 77.6 Å². The average Bonchev–Trinajstić information content (AvgIpc) is 3.04. The molecule has 2 amide bonds. The monoisotopic (exact) mass is 378 g/mol. The van der Waals surface area contributed by atoms with Crippen molar-refractivity contribution in [2.45, 2.75) is 89.6 Å². The molecule has 27 heavy (non-hydrogen) atoms. The summed E-state index contributed by atoms with van der Waals surface area (Å²) in [6.07, 6.45) is 10.6. The zero-order valence-corrected chi connectivity index (χ0v) is 16.5. The van der Waals surface area contributed by atoms with Crippen LogP contribution in [0.5, 0.6) is 0 Å². The van der Waals surface area contributed by atoms with Crippen molar-refractivity contribution in [1.29, 1.82) is 0 Å². The van der Waals surface area contributed by atoms with Crippen LogP contribution in [0.15, 0.2) is 0 Å². The maximum atomic E-state index is 12.8. The molecule has 2 saturated carbocycles. The van der Waals surface area contributed by atoms with E-state index in [-0.39, 0.29) is 29.8 Å². The van der Waals surface area contributed by atoms with E-state index in [1.165, 1.54) is 32.1 Å². The predicted octanol–water partition coefficient (Wildman–Crippen LogP) is 2.95. The summed E-state index contributed by atoms with van der Waals surface area (Å²) in [5.74, 6) is -0.430. The lowest BCUT2D eigenvalue weighted by atomic mass is 9.84. The van der Waals surface area contributed by atoms with Crippen molar-refractivity contribution in [3.05, 3.63) is 0 Å². The number of carboxylic acid groups (broad SMARTS) is 1. The van der Waals surface area contributed by atoms with Crippen molar-refractivity contribution in [2.75, 3.05) is 6.54 Å². The van der Waals surface area contributed by atoms with E-state index in [2.05, 4.69) is 5.32 Å². The van der Waals surface area contributed by atoms with Crippen LogP contribution in [-0.2, 0) is 14.4 Å². The molecule has 1 saturated heterocycles. The van der Waals surface area contributed by atoms with Crippen LogP contribution in [-0.4, -0.2) is 46.4 Å². The molecular weight excluding hydrogens is 344 g/mol. The Kier molecular flexibility index (Phi) is 6.77. The normalized spacial score (nSPS) is 32.3. The van der Waals surface area contributed by atoms with Gasteiger partial charge in [0.25, 0.3) is 0 Å². The highest BCUT2D eigenvalue weighted by Gasteiger charge is 2.40. The molecule has 0 aromatic heterocycles. The van der Waals surface area contributed by atoms with E-state index in [4.69, 9.17) is 0 Å². The lowest BCUT2D eigenvalue weighted by molar-refractivity contribution is -0.143. The van der Waals surface area contributed by atoms with Crippen molar-refractivity contribution < 1.29 is 19.5 Å². The molecule has 2 aliphatic carbocycles. The van der Waals surface area contributed by atoms with Gasteiger partial charge in [-0.1, -0.05) is 19.3 Å². The fourth-order valence-electron chi connectivity index (χ4n) is 5.24. The Balaban J connectivity index is 1.41. The first-order valence-corrected chi connectivity index (χ1v) is 10.8. The van der Waals surface area contributed by atoms with Gasteiger partial charge in [-0.3, -0.25) is 14.4 Å². The van der Waals surface area contributed by atoms with Gasteiger partial charge in [-0.05, 0) is 57.8 Å². The zero-order chi connectivity index (χ0) is 19.4. The third-order valence-corrected chi connectivity index (χ3v) is 7.00. The number of rotatable bonds is 5. The molecule has 2 N–H and O–H groups in total. The summed E-state index contributed by atoms with van der Waals surface area (Å²) < 4.78 is 0. The minimum absolute atomic E-state index is 0.0218. The third kappa shape index (κ3) is 5.02. The van der Waals surface area contributed by atoms with E-state index >= 15 is 0 Å². The van der Waals surface area contributed by atoms with E-state index in [1.54, 1.807) is 4.90 Å². The lowest BCUT2D eigenvalue weighted by Crippen LogP contribution is -2.44. The van der Waals surface area contributed by atoms with Crippen LogP contribution < -0.4 is 5.32 Å². The Labute approximate surface area is 162 Å². The molecule has 0 bridgehead atoms. The molecule has 3 aliphatic rings. The SMILES string of the molecule is CC1C(C(=O)O)CCN1C(=O)C1CCC(NC(=O)CC2CCCCC2)CC1. The van der Waals surface area contributed by atoms with E-state index in [0.29, 0.717) is 25.3 Å². The number of aliphatic carboxylic acids is 1. The van der Waals surface area contributed by atoms with Crippen LogP contribution >= 0.6 is 0 Å². The third-order valence-electron chi connectivity index (χ3n) is 7.00. The van der Waals surface area contributed by atoms with Crippen molar-refractivity contribution in [1.82, 2.24) is 10.2 Å². The maximum absolute atomic E-state index is 12.8. The lowest BCUT2D eigenvalue weighted by Gasteiger charge is -2.33. The Bertz CT molecular complexity index is 550. The number of likely N-dealkylation sites (tertiary alicyclic amines) is 1.